The first-order valence-corrected chi connectivity index (χ1v) is 6.15. The average Bonchev–Trinajstić information content (AvgIpc) is 2.45. The molecular formula is C16H11FN2O. The van der Waals surface area contributed by atoms with E-state index in [0.717, 1.165) is 0 Å². The number of hydrogen-bond acceptors (Lipinski definition) is 2. The Hall–Kier alpha value is -2.75. The van der Waals surface area contributed by atoms with Crippen LogP contribution in [-0.4, -0.2) is 9.97 Å². The molecule has 0 atom stereocenters. The predicted molar refractivity (Wildman–Crippen MR) is 77.7 cm³/mol. The molecule has 0 unspecified atom stereocenters. The van der Waals surface area contributed by atoms with Gasteiger partial charge in [0.25, 0.3) is 5.56 Å². The molecule has 0 bridgehead atoms. The molecule has 0 radical (unpaired) electrons. The molecule has 20 heavy (non-hydrogen) atoms. The molecule has 0 fully saturated rings. The zero-order valence-electron chi connectivity index (χ0n) is 10.5. The van der Waals surface area contributed by atoms with Gasteiger partial charge in [0.05, 0.1) is 10.9 Å². The van der Waals surface area contributed by atoms with Crippen LogP contribution in [0.15, 0.2) is 53.3 Å². The Balaban J connectivity index is 2.01. The van der Waals surface area contributed by atoms with E-state index in [0.29, 0.717) is 22.3 Å². The number of aromatic amines is 1. The first kappa shape index (κ1) is 12.3. The van der Waals surface area contributed by atoms with Crippen molar-refractivity contribution in [2.75, 3.05) is 0 Å². The highest BCUT2D eigenvalue weighted by atomic mass is 19.1. The van der Waals surface area contributed by atoms with Crippen LogP contribution in [-0.2, 0) is 0 Å². The maximum atomic E-state index is 13.1. The van der Waals surface area contributed by atoms with Crippen molar-refractivity contribution in [3.63, 3.8) is 0 Å². The SMILES string of the molecule is O=c1[nH]c(C=Cc2cccc(F)c2)nc2ccccc12. The van der Waals surface area contributed by atoms with Crippen LogP contribution in [0.1, 0.15) is 11.4 Å². The van der Waals surface area contributed by atoms with Gasteiger partial charge in [0.1, 0.15) is 11.6 Å². The third-order valence-electron chi connectivity index (χ3n) is 2.91. The van der Waals surface area contributed by atoms with Crippen LogP contribution in [0.5, 0.6) is 0 Å². The van der Waals surface area contributed by atoms with E-state index in [9.17, 15) is 9.18 Å². The highest BCUT2D eigenvalue weighted by Gasteiger charge is 2.00. The molecule has 0 saturated carbocycles. The minimum atomic E-state index is -0.299. The van der Waals surface area contributed by atoms with E-state index in [-0.39, 0.29) is 11.4 Å². The predicted octanol–water partition coefficient (Wildman–Crippen LogP) is 3.23. The van der Waals surface area contributed by atoms with Crippen molar-refractivity contribution in [1.29, 1.82) is 0 Å². The molecule has 1 heterocycles. The van der Waals surface area contributed by atoms with Crippen LogP contribution in [0.4, 0.5) is 4.39 Å². The fourth-order valence-electron chi connectivity index (χ4n) is 1.97. The summed E-state index contributed by atoms with van der Waals surface area (Å²) < 4.78 is 13.1. The zero-order chi connectivity index (χ0) is 13.9. The van der Waals surface area contributed by atoms with Gasteiger partial charge in [0.2, 0.25) is 0 Å². The third kappa shape index (κ3) is 2.49. The van der Waals surface area contributed by atoms with E-state index in [1.807, 2.05) is 6.07 Å². The molecular weight excluding hydrogens is 255 g/mol. The average molecular weight is 266 g/mol. The number of halogens is 1. The molecule has 1 N–H and O–H groups in total. The maximum Gasteiger partial charge on any atom is 0.259 e. The van der Waals surface area contributed by atoms with Gasteiger partial charge in [-0.05, 0) is 35.9 Å². The zero-order valence-corrected chi connectivity index (χ0v) is 10.5. The number of nitrogens with zero attached hydrogens (tertiary/aromatic N) is 1. The standard InChI is InChI=1S/C16H11FN2O/c17-12-5-3-4-11(10-12)8-9-15-18-14-7-2-1-6-13(14)16(20)19-15/h1-10H,(H,18,19,20). The van der Waals surface area contributed by atoms with E-state index in [1.54, 1.807) is 42.5 Å². The number of rotatable bonds is 2. The van der Waals surface area contributed by atoms with Gasteiger partial charge in [-0.25, -0.2) is 9.37 Å². The second-order valence-electron chi connectivity index (χ2n) is 4.36. The highest BCUT2D eigenvalue weighted by Crippen LogP contribution is 2.09. The molecule has 4 heteroatoms. The normalized spacial score (nSPS) is 11.2. The smallest absolute Gasteiger partial charge is 0.259 e. The van der Waals surface area contributed by atoms with Gasteiger partial charge in [-0.2, -0.15) is 0 Å². The monoisotopic (exact) mass is 266 g/mol. The lowest BCUT2D eigenvalue weighted by Crippen LogP contribution is -2.09. The number of aromatic nitrogens is 2. The van der Waals surface area contributed by atoms with Crippen molar-refractivity contribution < 1.29 is 4.39 Å². The fraction of sp³-hybridized carbons (Fsp3) is 0. The lowest BCUT2D eigenvalue weighted by atomic mass is 10.2. The summed E-state index contributed by atoms with van der Waals surface area (Å²) in [6.45, 7) is 0. The second kappa shape index (κ2) is 5.09. The number of hydrogen-bond donors (Lipinski definition) is 1. The summed E-state index contributed by atoms with van der Waals surface area (Å²) in [6, 6.07) is 13.3. The summed E-state index contributed by atoms with van der Waals surface area (Å²) in [5.41, 5.74) is 1.16. The quantitative estimate of drug-likeness (QED) is 0.774. The third-order valence-corrected chi connectivity index (χ3v) is 2.91. The first-order valence-electron chi connectivity index (χ1n) is 6.15. The largest absolute Gasteiger partial charge is 0.306 e. The van der Waals surface area contributed by atoms with E-state index in [4.69, 9.17) is 0 Å². The van der Waals surface area contributed by atoms with Crippen molar-refractivity contribution in [1.82, 2.24) is 9.97 Å². The molecule has 3 nitrogen and oxygen atoms in total. The molecule has 2 aromatic carbocycles. The van der Waals surface area contributed by atoms with Crippen molar-refractivity contribution in [3.05, 3.63) is 76.1 Å². The highest BCUT2D eigenvalue weighted by molar-refractivity contribution is 5.78. The number of fused-ring (bicyclic) bond motifs is 1. The molecule has 0 aliphatic heterocycles. The van der Waals surface area contributed by atoms with Crippen molar-refractivity contribution in [2.24, 2.45) is 0 Å². The lowest BCUT2D eigenvalue weighted by Gasteiger charge is -1.98. The number of para-hydroxylation sites is 1. The fourth-order valence-corrected chi connectivity index (χ4v) is 1.97. The van der Waals surface area contributed by atoms with Gasteiger partial charge in [-0.15, -0.1) is 0 Å². The summed E-state index contributed by atoms with van der Waals surface area (Å²) >= 11 is 0. The molecule has 3 aromatic rings. The van der Waals surface area contributed by atoms with E-state index in [2.05, 4.69) is 9.97 Å². The summed E-state index contributed by atoms with van der Waals surface area (Å²) in [6.07, 6.45) is 3.36. The Labute approximate surface area is 114 Å². The summed E-state index contributed by atoms with van der Waals surface area (Å²) in [5.74, 6) is 0.144. The molecule has 1 aromatic heterocycles. The summed E-state index contributed by atoms with van der Waals surface area (Å²) in [4.78, 5) is 18.9. The molecule has 0 spiro atoms. The molecule has 98 valence electrons. The Kier molecular flexibility index (Phi) is 3.13. The Morgan fingerprint density at radius 2 is 1.90 bits per heavy atom. The minimum absolute atomic E-state index is 0.186. The second-order valence-corrected chi connectivity index (χ2v) is 4.36. The molecule has 0 aliphatic carbocycles. The molecule has 0 amide bonds. The van der Waals surface area contributed by atoms with Crippen LogP contribution >= 0.6 is 0 Å². The van der Waals surface area contributed by atoms with Gasteiger partial charge in [-0.1, -0.05) is 30.3 Å². The van der Waals surface area contributed by atoms with Crippen LogP contribution in [0, 0.1) is 5.82 Å². The van der Waals surface area contributed by atoms with Crippen LogP contribution < -0.4 is 5.56 Å². The van der Waals surface area contributed by atoms with E-state index in [1.165, 1.54) is 12.1 Å². The van der Waals surface area contributed by atoms with Crippen molar-refractivity contribution >= 4 is 23.1 Å². The Morgan fingerprint density at radius 3 is 2.75 bits per heavy atom. The number of H-pyrrole nitrogens is 1. The van der Waals surface area contributed by atoms with Crippen LogP contribution in [0.2, 0.25) is 0 Å². The Morgan fingerprint density at radius 1 is 1.05 bits per heavy atom. The van der Waals surface area contributed by atoms with Crippen molar-refractivity contribution in [3.8, 4) is 0 Å². The first-order chi connectivity index (χ1) is 9.72. The topological polar surface area (TPSA) is 45.8 Å². The van der Waals surface area contributed by atoms with Crippen LogP contribution in [0.3, 0.4) is 0 Å². The molecule has 3 rings (SSSR count). The molecule has 0 aliphatic rings. The van der Waals surface area contributed by atoms with Crippen LogP contribution in [0.25, 0.3) is 23.1 Å². The van der Waals surface area contributed by atoms with E-state index < -0.39 is 0 Å². The molecule has 0 saturated heterocycles. The van der Waals surface area contributed by atoms with Gasteiger partial charge in [0.15, 0.2) is 0 Å². The summed E-state index contributed by atoms with van der Waals surface area (Å²) in [7, 11) is 0. The van der Waals surface area contributed by atoms with Gasteiger partial charge in [0, 0.05) is 0 Å². The number of nitrogens with one attached hydrogen (secondary N) is 1. The Bertz CT molecular complexity index is 852. The van der Waals surface area contributed by atoms with Gasteiger partial charge >= 0.3 is 0 Å². The summed E-state index contributed by atoms with van der Waals surface area (Å²) in [5, 5.41) is 0.551. The number of benzene rings is 2. The van der Waals surface area contributed by atoms with Gasteiger partial charge in [-0.3, -0.25) is 4.79 Å². The van der Waals surface area contributed by atoms with Crippen molar-refractivity contribution in [2.45, 2.75) is 0 Å². The van der Waals surface area contributed by atoms with E-state index >= 15 is 0 Å². The lowest BCUT2D eigenvalue weighted by molar-refractivity contribution is 0.627. The minimum Gasteiger partial charge on any atom is -0.306 e. The maximum absolute atomic E-state index is 13.1. The van der Waals surface area contributed by atoms with Gasteiger partial charge < -0.3 is 4.98 Å².